The molecule has 444 valence electrons. The molecule has 0 aromatic carbocycles. The lowest BCUT2D eigenvalue weighted by Crippen LogP contribution is -2.71. The van der Waals surface area contributed by atoms with Crippen LogP contribution in [0.4, 0.5) is 0 Å². The lowest BCUT2D eigenvalue weighted by atomic mass is 9.33. The third-order valence-electron chi connectivity index (χ3n) is 21.0. The van der Waals surface area contributed by atoms with Crippen molar-refractivity contribution in [3.8, 4) is 0 Å². The van der Waals surface area contributed by atoms with Crippen LogP contribution in [-0.4, -0.2) is 231 Å². The smallest absolute Gasteiger partial charge is 0.335 e. The predicted octanol–water partition coefficient (Wildman–Crippen LogP) is -2.24. The molecule has 0 spiro atoms. The number of aliphatic hydroxyl groups is 12. The Labute approximate surface area is 450 Å². The quantitative estimate of drug-likeness (QED) is 0.0625. The lowest BCUT2D eigenvalue weighted by molar-refractivity contribution is -0.383. The molecule has 4 saturated carbocycles. The molecule has 4 heterocycles. The van der Waals surface area contributed by atoms with E-state index in [1.807, 2.05) is 6.92 Å². The van der Waals surface area contributed by atoms with E-state index in [9.17, 15) is 81.1 Å². The number of carbonyl (C=O) groups is 3. The second-order valence-corrected chi connectivity index (χ2v) is 25.9. The molecule has 0 radical (unpaired) electrons. The molecule has 9 aliphatic rings. The van der Waals surface area contributed by atoms with E-state index >= 15 is 4.79 Å². The van der Waals surface area contributed by atoms with Gasteiger partial charge >= 0.3 is 17.9 Å². The molecule has 25 nitrogen and oxygen atoms in total. The lowest BCUT2D eigenvalue weighted by Gasteiger charge is -2.71. The first-order chi connectivity index (χ1) is 36.2. The summed E-state index contributed by atoms with van der Waals surface area (Å²) in [4.78, 5) is 41.2. The molecule has 2 unspecified atom stereocenters. The molecule has 0 bridgehead atoms. The maximum atomic E-state index is 15.5. The van der Waals surface area contributed by atoms with Crippen molar-refractivity contribution in [3.63, 3.8) is 0 Å². The molecule has 0 amide bonds. The first-order valence-electron chi connectivity index (χ1n) is 27.3. The minimum atomic E-state index is -2.04. The topological polar surface area (TPSA) is 408 Å². The van der Waals surface area contributed by atoms with Gasteiger partial charge in [-0.2, -0.15) is 0 Å². The third-order valence-corrected chi connectivity index (χ3v) is 21.0. The molecular formula is C53H82O25. The number of rotatable bonds is 10. The van der Waals surface area contributed by atoms with Crippen molar-refractivity contribution in [2.45, 2.75) is 242 Å². The Bertz CT molecular complexity index is 2290. The zero-order valence-electron chi connectivity index (χ0n) is 45.1. The summed E-state index contributed by atoms with van der Waals surface area (Å²) in [6.45, 7) is 14.0. The van der Waals surface area contributed by atoms with Crippen LogP contribution in [0.15, 0.2) is 11.6 Å². The zero-order chi connectivity index (χ0) is 57.5. The number of allylic oxidation sites excluding steroid dienone is 2. The van der Waals surface area contributed by atoms with Gasteiger partial charge in [0.1, 0.15) is 78.7 Å². The summed E-state index contributed by atoms with van der Waals surface area (Å²) < 4.78 is 47.3. The highest BCUT2D eigenvalue weighted by molar-refractivity contribution is 5.80. The van der Waals surface area contributed by atoms with Gasteiger partial charge in [-0.15, -0.1) is 0 Å². The monoisotopic (exact) mass is 1120 g/mol. The van der Waals surface area contributed by atoms with Crippen LogP contribution in [0.2, 0.25) is 0 Å². The van der Waals surface area contributed by atoms with Gasteiger partial charge < -0.3 is 109 Å². The van der Waals surface area contributed by atoms with E-state index in [0.29, 0.717) is 25.7 Å². The van der Waals surface area contributed by atoms with E-state index in [4.69, 9.17) is 37.9 Å². The molecule has 4 saturated heterocycles. The van der Waals surface area contributed by atoms with E-state index in [0.717, 1.165) is 5.57 Å². The van der Waals surface area contributed by atoms with Crippen molar-refractivity contribution < 1.29 is 124 Å². The van der Waals surface area contributed by atoms with E-state index in [1.54, 1.807) is 0 Å². The molecule has 5 aliphatic carbocycles. The molecule has 30 atom stereocenters. The fourth-order valence-electron chi connectivity index (χ4n) is 16.2. The molecule has 4 aliphatic heterocycles. The SMILES string of the molecule is C[C@@H]1O[C@@H](O[C@H]2[C@H](OC(=O)[C@]34CCC(C)(C)CC3C3=CC[C@@H]5[C@@]6(C)C[C@H](O)[C@H](O[C@@H]7O[C@H](C(=O)O)[C@@H](O)[C@H](O)[C@H]7O)[C@@](C)(C(=O)O)C6CC[C@@]5(C)[C@]3(C)C[C@H]4O)O[C@@H](C)[C@H](O)[C@H]2O)[C@H](O[C@@H]2OC[C@@H](O)[C@H](O)[C@H]2O)[C@H](O)[C@H]1O. The Hall–Kier alpha value is -2.61. The maximum absolute atomic E-state index is 15.5. The van der Waals surface area contributed by atoms with E-state index in [-0.39, 0.29) is 37.0 Å². The summed E-state index contributed by atoms with van der Waals surface area (Å²) in [5.74, 6) is -5.59. The number of carboxylic acid groups (broad SMARTS) is 2. The number of carboxylic acids is 2. The summed E-state index contributed by atoms with van der Waals surface area (Å²) in [6, 6.07) is 0. The summed E-state index contributed by atoms with van der Waals surface area (Å²) in [7, 11) is 0. The Kier molecular flexibility index (Phi) is 16.1. The van der Waals surface area contributed by atoms with Gasteiger partial charge in [-0.3, -0.25) is 9.59 Å². The average Bonchev–Trinajstić information content (AvgIpc) is 3.07. The fourth-order valence-corrected chi connectivity index (χ4v) is 16.2. The van der Waals surface area contributed by atoms with Crippen LogP contribution in [0.1, 0.15) is 107 Å². The zero-order valence-corrected chi connectivity index (χ0v) is 45.1. The van der Waals surface area contributed by atoms with Gasteiger partial charge in [0, 0.05) is 0 Å². The standard InChI is InChI=1S/C53H82O25/c1-19-28(57)32(61)38(75-42-35(64)30(59)24(55)18-71-42)44(72-19)76-39-33(62)29(58)20(2)73-45(39)78-47(70)53-14-13-48(3,4)15-22(53)21-9-10-25-49(5)16-23(54)40(77-43-36(65)31(60)34(63)37(74-43)41(66)67)52(8,46(68)69)26(49)11-12-50(25,6)51(21,7)17-27(53)56/h9,19-20,22-40,42-45,54-65H,10-18H2,1-8H3,(H,66,67)(H,68,69)/t19-,20-,22?,23-,24+,25+,26?,27+,28-,29-,30-,31-,32+,33+,34-,35+,36+,37-,38+,39+,40-,42-,43-,44-,45-,49+,50+,51+,52-,53+/m0/s1. The van der Waals surface area contributed by atoms with Crippen LogP contribution in [0.5, 0.6) is 0 Å². The number of esters is 1. The van der Waals surface area contributed by atoms with Crippen LogP contribution < -0.4 is 0 Å². The number of carbonyl (C=O) groups excluding carboxylic acids is 1. The van der Waals surface area contributed by atoms with E-state index in [1.165, 1.54) is 20.8 Å². The molecule has 0 aromatic heterocycles. The van der Waals surface area contributed by atoms with Crippen LogP contribution >= 0.6 is 0 Å². The number of aliphatic carboxylic acids is 2. The fraction of sp³-hybridized carbons (Fsp3) is 0.906. The van der Waals surface area contributed by atoms with Gasteiger partial charge in [0.05, 0.1) is 36.4 Å². The number of hydrogen-bond acceptors (Lipinski definition) is 23. The van der Waals surface area contributed by atoms with E-state index in [2.05, 4.69) is 33.8 Å². The highest BCUT2D eigenvalue weighted by Crippen LogP contribution is 2.76. The van der Waals surface area contributed by atoms with Gasteiger partial charge in [-0.1, -0.05) is 46.3 Å². The Morgan fingerprint density at radius 2 is 1.18 bits per heavy atom. The summed E-state index contributed by atoms with van der Waals surface area (Å²) in [5, 5.41) is 154. The molecule has 0 aromatic rings. The van der Waals surface area contributed by atoms with Crippen LogP contribution in [0.3, 0.4) is 0 Å². The largest absolute Gasteiger partial charge is 0.481 e. The number of hydrogen-bond donors (Lipinski definition) is 14. The third kappa shape index (κ3) is 9.21. The Morgan fingerprint density at radius 1 is 0.590 bits per heavy atom. The minimum Gasteiger partial charge on any atom is -0.481 e. The van der Waals surface area contributed by atoms with Gasteiger partial charge in [0.15, 0.2) is 31.1 Å². The normalized spacial score (nSPS) is 55.0. The van der Waals surface area contributed by atoms with Crippen molar-refractivity contribution in [2.75, 3.05) is 6.61 Å². The number of aliphatic hydroxyl groups excluding tert-OH is 12. The van der Waals surface area contributed by atoms with Crippen molar-refractivity contribution in [3.05, 3.63) is 11.6 Å². The van der Waals surface area contributed by atoms with Crippen molar-refractivity contribution in [2.24, 2.45) is 50.2 Å². The Morgan fingerprint density at radius 3 is 1.79 bits per heavy atom. The molecule has 9 rings (SSSR count). The predicted molar refractivity (Wildman–Crippen MR) is 259 cm³/mol. The van der Waals surface area contributed by atoms with Crippen LogP contribution in [-0.2, 0) is 52.3 Å². The van der Waals surface area contributed by atoms with Crippen LogP contribution in [0, 0.1) is 50.2 Å². The average molecular weight is 1120 g/mol. The second-order valence-electron chi connectivity index (χ2n) is 25.9. The maximum Gasteiger partial charge on any atom is 0.335 e. The summed E-state index contributed by atoms with van der Waals surface area (Å²) in [5.41, 5.74) is -5.48. The van der Waals surface area contributed by atoms with Gasteiger partial charge in [-0.05, 0) is 112 Å². The van der Waals surface area contributed by atoms with E-state index < -0.39 is 198 Å². The molecular weight excluding hydrogens is 1040 g/mol. The second kappa shape index (κ2) is 20.9. The molecule has 25 heteroatoms. The van der Waals surface area contributed by atoms with Crippen LogP contribution in [0.25, 0.3) is 0 Å². The Balaban J connectivity index is 1.01. The van der Waals surface area contributed by atoms with Gasteiger partial charge in [0.25, 0.3) is 0 Å². The number of fused-ring (bicyclic) bond motifs is 7. The summed E-state index contributed by atoms with van der Waals surface area (Å²) >= 11 is 0. The van der Waals surface area contributed by atoms with Crippen molar-refractivity contribution in [1.82, 2.24) is 0 Å². The highest BCUT2D eigenvalue weighted by Gasteiger charge is 2.74. The van der Waals surface area contributed by atoms with Crippen molar-refractivity contribution in [1.29, 1.82) is 0 Å². The first-order valence-corrected chi connectivity index (χ1v) is 27.3. The molecule has 8 fully saturated rings. The molecule has 14 N–H and O–H groups in total. The van der Waals surface area contributed by atoms with Gasteiger partial charge in [-0.25, -0.2) is 4.79 Å². The highest BCUT2D eigenvalue weighted by atomic mass is 16.8. The van der Waals surface area contributed by atoms with Gasteiger partial charge in [0.2, 0.25) is 6.29 Å². The molecule has 78 heavy (non-hydrogen) atoms. The number of ether oxygens (including phenoxy) is 8. The minimum absolute atomic E-state index is 0.0132. The first kappa shape index (κ1) is 60.0. The van der Waals surface area contributed by atoms with Crippen molar-refractivity contribution >= 4 is 17.9 Å². The summed E-state index contributed by atoms with van der Waals surface area (Å²) in [6.07, 6.45) is -33.3.